The minimum atomic E-state index is 0.0976. The van der Waals surface area contributed by atoms with E-state index in [1.807, 2.05) is 13.8 Å². The summed E-state index contributed by atoms with van der Waals surface area (Å²) in [5.74, 6) is 12.5. The van der Waals surface area contributed by atoms with Crippen LogP contribution in [-0.4, -0.2) is 34.1 Å². The fourth-order valence-electron chi connectivity index (χ4n) is 2.02. The van der Waals surface area contributed by atoms with Crippen molar-refractivity contribution in [1.82, 2.24) is 0 Å². The quantitative estimate of drug-likeness (QED) is 0.327. The molecule has 0 saturated carbocycles. The first kappa shape index (κ1) is 17.5. The van der Waals surface area contributed by atoms with Crippen molar-refractivity contribution in [2.45, 2.75) is 22.8 Å². The molecule has 0 fully saturated rings. The van der Waals surface area contributed by atoms with Crippen LogP contribution in [0, 0.1) is 23.7 Å². The molecule has 0 aromatic heterocycles. The minimum absolute atomic E-state index is 0.0976. The van der Waals surface area contributed by atoms with Crippen LogP contribution >= 0.6 is 0 Å². The number of benzene rings is 2. The molecule has 22 heavy (non-hydrogen) atoms. The van der Waals surface area contributed by atoms with E-state index in [4.69, 9.17) is 0 Å². The van der Waals surface area contributed by atoms with Crippen LogP contribution in [0.3, 0.4) is 0 Å². The van der Waals surface area contributed by atoms with Crippen LogP contribution in [0.15, 0.2) is 48.5 Å². The van der Waals surface area contributed by atoms with Crippen molar-refractivity contribution in [2.75, 3.05) is 0 Å². The van der Waals surface area contributed by atoms with E-state index in [1.54, 1.807) is 0 Å². The van der Waals surface area contributed by atoms with Crippen LogP contribution in [0.25, 0.3) is 0 Å². The van der Waals surface area contributed by atoms with Gasteiger partial charge >= 0.3 is 151 Å². The monoisotopic (exact) mass is 518 g/mol. The van der Waals surface area contributed by atoms with Gasteiger partial charge in [-0.15, -0.1) is 0 Å². The van der Waals surface area contributed by atoms with Gasteiger partial charge in [0.1, 0.15) is 0 Å². The van der Waals surface area contributed by atoms with Crippen molar-refractivity contribution in [3.8, 4) is 23.7 Å². The second kappa shape index (κ2) is 10.0. The van der Waals surface area contributed by atoms with E-state index in [9.17, 15) is 0 Å². The fraction of sp³-hybridized carbons (Fsp3) is 0.200. The summed E-state index contributed by atoms with van der Waals surface area (Å²) >= 11 is 0.195. The fourth-order valence-corrected chi connectivity index (χ4v) is 12.7. The van der Waals surface area contributed by atoms with Crippen LogP contribution in [0.5, 0.6) is 0 Å². The predicted molar refractivity (Wildman–Crippen MR) is 96.9 cm³/mol. The number of rotatable bonds is 5. The van der Waals surface area contributed by atoms with Crippen molar-refractivity contribution in [1.29, 1.82) is 0 Å². The summed E-state index contributed by atoms with van der Waals surface area (Å²) < 4.78 is 2.56. The second-order valence-electron chi connectivity index (χ2n) is 4.59. The summed E-state index contributed by atoms with van der Waals surface area (Å²) in [6.45, 7) is 3.82. The summed E-state index contributed by atoms with van der Waals surface area (Å²) in [5, 5.41) is 0. The molecule has 0 atom stereocenters. The summed E-state index contributed by atoms with van der Waals surface area (Å²) in [6.07, 6.45) is 0. The van der Waals surface area contributed by atoms with Gasteiger partial charge in [-0.3, -0.25) is 0 Å². The standard InChI is InChI=1S/C20H18Te2/c1-3-9-17-11-5-7-13-19(17)15-21-22-16-20-14-8-6-12-18(20)10-4-2/h5-8,11-14H,15-16H2,1-2H3. The first-order chi connectivity index (χ1) is 10.8. The normalized spacial score (nSPS) is 9.36. The zero-order valence-electron chi connectivity index (χ0n) is 12.8. The zero-order valence-corrected chi connectivity index (χ0v) is 17.5. The molecular formula is C20H18Te2. The van der Waals surface area contributed by atoms with E-state index >= 15 is 0 Å². The SMILES string of the molecule is CC#Cc1ccccc1C[Te][Te]Cc1ccccc1C#CC. The Bertz CT molecular complexity index is 674. The van der Waals surface area contributed by atoms with E-state index in [-0.39, 0.29) is 34.1 Å². The molecule has 2 aromatic carbocycles. The summed E-state index contributed by atoms with van der Waals surface area (Å²) in [6, 6.07) is 17.2. The van der Waals surface area contributed by atoms with E-state index in [0.29, 0.717) is 0 Å². The molecule has 0 nitrogen and oxygen atoms in total. The third kappa shape index (κ3) is 5.40. The van der Waals surface area contributed by atoms with Gasteiger partial charge in [-0.1, -0.05) is 0 Å². The molecule has 0 aliphatic rings. The van der Waals surface area contributed by atoms with Crippen LogP contribution in [-0.2, 0) is 8.94 Å². The Kier molecular flexibility index (Phi) is 7.96. The summed E-state index contributed by atoms with van der Waals surface area (Å²) in [7, 11) is 0. The molecule has 0 radical (unpaired) electrons. The van der Waals surface area contributed by atoms with E-state index in [2.05, 4.69) is 72.2 Å². The molecular weight excluding hydrogens is 495 g/mol. The molecule has 0 aliphatic heterocycles. The van der Waals surface area contributed by atoms with Crippen LogP contribution < -0.4 is 0 Å². The van der Waals surface area contributed by atoms with Gasteiger partial charge in [0.15, 0.2) is 0 Å². The van der Waals surface area contributed by atoms with Crippen LogP contribution in [0.1, 0.15) is 36.1 Å². The van der Waals surface area contributed by atoms with Crippen molar-refractivity contribution in [3.05, 3.63) is 70.8 Å². The van der Waals surface area contributed by atoms with Gasteiger partial charge in [0.2, 0.25) is 0 Å². The van der Waals surface area contributed by atoms with Crippen molar-refractivity contribution in [3.63, 3.8) is 0 Å². The third-order valence-electron chi connectivity index (χ3n) is 3.07. The molecule has 0 unspecified atom stereocenters. The Morgan fingerprint density at radius 2 is 1.09 bits per heavy atom. The average molecular weight is 514 g/mol. The van der Waals surface area contributed by atoms with Crippen molar-refractivity contribution in [2.24, 2.45) is 0 Å². The Labute approximate surface area is 150 Å². The molecule has 0 aliphatic carbocycles. The van der Waals surface area contributed by atoms with E-state index in [0.717, 1.165) is 0 Å². The first-order valence-corrected chi connectivity index (χ1v) is 17.7. The molecule has 0 heterocycles. The average Bonchev–Trinajstić information content (AvgIpc) is 2.55. The molecule has 0 N–H and O–H groups in total. The van der Waals surface area contributed by atoms with Crippen LogP contribution in [0.2, 0.25) is 0 Å². The maximum atomic E-state index is 3.23. The number of hydrogen-bond donors (Lipinski definition) is 0. The summed E-state index contributed by atoms with van der Waals surface area (Å²) in [4.78, 5) is 0. The Hall–Kier alpha value is -0.861. The van der Waals surface area contributed by atoms with Crippen LogP contribution in [0.4, 0.5) is 0 Å². The van der Waals surface area contributed by atoms with Gasteiger partial charge in [0.05, 0.1) is 0 Å². The molecule has 110 valence electrons. The van der Waals surface area contributed by atoms with Gasteiger partial charge in [0.25, 0.3) is 0 Å². The van der Waals surface area contributed by atoms with Gasteiger partial charge < -0.3 is 0 Å². The second-order valence-corrected chi connectivity index (χ2v) is 16.6. The van der Waals surface area contributed by atoms with Gasteiger partial charge in [-0.05, 0) is 0 Å². The first-order valence-electron chi connectivity index (χ1n) is 7.11. The molecule has 0 spiro atoms. The Balaban J connectivity index is 1.92. The molecule has 0 bridgehead atoms. The topological polar surface area (TPSA) is 0 Å². The third-order valence-corrected chi connectivity index (χ3v) is 13.7. The van der Waals surface area contributed by atoms with Gasteiger partial charge in [-0.25, -0.2) is 0 Å². The molecule has 0 amide bonds. The predicted octanol–water partition coefficient (Wildman–Crippen LogP) is 3.45. The van der Waals surface area contributed by atoms with E-state index < -0.39 is 0 Å². The summed E-state index contributed by atoms with van der Waals surface area (Å²) in [5.41, 5.74) is 5.34. The Morgan fingerprint density at radius 1 is 0.682 bits per heavy atom. The Morgan fingerprint density at radius 3 is 1.50 bits per heavy atom. The maximum absolute atomic E-state index is 3.23. The molecule has 2 aromatic rings. The van der Waals surface area contributed by atoms with Crippen molar-refractivity contribution < 1.29 is 0 Å². The van der Waals surface area contributed by atoms with Gasteiger partial charge in [0, 0.05) is 0 Å². The van der Waals surface area contributed by atoms with Crippen molar-refractivity contribution >= 4 is 34.1 Å². The number of hydrogen-bond acceptors (Lipinski definition) is 0. The molecule has 2 rings (SSSR count). The molecule has 2 heteroatoms. The van der Waals surface area contributed by atoms with Gasteiger partial charge in [-0.2, -0.15) is 0 Å². The van der Waals surface area contributed by atoms with E-state index in [1.165, 1.54) is 31.2 Å². The zero-order chi connectivity index (χ0) is 15.6. The molecule has 0 saturated heterocycles.